The molecule has 0 aliphatic carbocycles. The molecule has 0 aromatic heterocycles. The molecule has 2 saturated heterocycles. The van der Waals surface area contributed by atoms with Crippen molar-refractivity contribution in [3.05, 3.63) is 24.3 Å². The highest BCUT2D eigenvalue weighted by Crippen LogP contribution is 2.48. The van der Waals surface area contributed by atoms with Crippen LogP contribution in [-0.4, -0.2) is 47.6 Å². The Kier molecular flexibility index (Phi) is 4.00. The van der Waals surface area contributed by atoms with Gasteiger partial charge in [0.25, 0.3) is 0 Å². The Morgan fingerprint density at radius 1 is 0.920 bits per heavy atom. The van der Waals surface area contributed by atoms with E-state index in [4.69, 9.17) is 18.9 Å². The molecule has 0 N–H and O–H groups in total. The smallest absolute Gasteiger partial charge is 0.302 e. The minimum Gasteiger partial charge on any atom is -0.462 e. The lowest BCUT2D eigenvalue weighted by Gasteiger charge is -2.45. The van der Waals surface area contributed by atoms with Crippen LogP contribution < -0.4 is 0 Å². The van der Waals surface area contributed by atoms with E-state index in [1.165, 1.54) is 13.8 Å². The lowest BCUT2D eigenvalue weighted by Crippen LogP contribution is -2.50. The van der Waals surface area contributed by atoms with Crippen LogP contribution in [0.1, 0.15) is 46.0 Å². The first kappa shape index (κ1) is 16.8. The standard InChI is InChI=1S/C19H24O6/c1-12(20)22-16-7-14-3-5-18(9-16,24-14)11-19-6-4-15(25-19)8-17(10-19)23-13(2)21/h3-6,14-17H,7-11H2,1-2H3/t14-,15?,16-,17+,18+,19-/m1/s1. The molecule has 4 heterocycles. The quantitative estimate of drug-likeness (QED) is 0.573. The predicted octanol–water partition coefficient (Wildman–Crippen LogP) is 2.22. The molecule has 136 valence electrons. The van der Waals surface area contributed by atoms with Gasteiger partial charge in [-0.05, 0) is 0 Å². The summed E-state index contributed by atoms with van der Waals surface area (Å²) in [5, 5.41) is 0. The van der Waals surface area contributed by atoms with Crippen molar-refractivity contribution in [3.8, 4) is 0 Å². The summed E-state index contributed by atoms with van der Waals surface area (Å²) in [5.74, 6) is -0.520. The minimum atomic E-state index is -0.500. The van der Waals surface area contributed by atoms with Gasteiger partial charge in [0.1, 0.15) is 12.2 Å². The zero-order valence-corrected chi connectivity index (χ0v) is 14.6. The van der Waals surface area contributed by atoms with Crippen LogP contribution >= 0.6 is 0 Å². The highest BCUT2D eigenvalue weighted by atomic mass is 16.6. The first-order valence-electron chi connectivity index (χ1n) is 8.94. The fourth-order valence-corrected chi connectivity index (χ4v) is 4.77. The molecule has 6 heteroatoms. The highest BCUT2D eigenvalue weighted by Gasteiger charge is 2.53. The molecule has 6 nitrogen and oxygen atoms in total. The van der Waals surface area contributed by atoms with Crippen LogP contribution in [0.2, 0.25) is 0 Å². The second-order valence-electron chi connectivity index (χ2n) is 7.68. The molecule has 0 amide bonds. The van der Waals surface area contributed by atoms with Gasteiger partial charge in [-0.2, -0.15) is 0 Å². The summed E-state index contributed by atoms with van der Waals surface area (Å²) in [6.07, 6.45) is 11.2. The van der Waals surface area contributed by atoms with Crippen LogP contribution in [0.5, 0.6) is 0 Å². The molecule has 0 aromatic rings. The van der Waals surface area contributed by atoms with E-state index in [1.54, 1.807) is 0 Å². The van der Waals surface area contributed by atoms with E-state index < -0.39 is 11.2 Å². The van der Waals surface area contributed by atoms with E-state index >= 15 is 0 Å². The summed E-state index contributed by atoms with van der Waals surface area (Å²) >= 11 is 0. The molecule has 2 fully saturated rings. The molecule has 1 unspecified atom stereocenters. The largest absolute Gasteiger partial charge is 0.462 e. The molecule has 0 radical (unpaired) electrons. The average molecular weight is 348 g/mol. The Labute approximate surface area is 147 Å². The van der Waals surface area contributed by atoms with E-state index in [0.29, 0.717) is 32.1 Å². The second-order valence-corrected chi connectivity index (χ2v) is 7.68. The van der Waals surface area contributed by atoms with Crippen LogP contribution in [0.15, 0.2) is 24.3 Å². The fraction of sp³-hybridized carbons (Fsp3) is 0.684. The summed E-state index contributed by atoms with van der Waals surface area (Å²) in [7, 11) is 0. The third-order valence-electron chi connectivity index (χ3n) is 5.40. The molecule has 0 aromatic carbocycles. The average Bonchev–Trinajstić information content (AvgIpc) is 2.94. The minimum absolute atomic E-state index is 0.0245. The third-order valence-corrected chi connectivity index (χ3v) is 5.40. The number of esters is 2. The molecule has 4 rings (SSSR count). The number of hydrogen-bond donors (Lipinski definition) is 0. The van der Waals surface area contributed by atoms with E-state index in [1.807, 2.05) is 0 Å². The number of hydrogen-bond acceptors (Lipinski definition) is 6. The van der Waals surface area contributed by atoms with Gasteiger partial charge in [0.05, 0.1) is 23.4 Å². The van der Waals surface area contributed by atoms with Crippen LogP contribution in [-0.2, 0) is 28.5 Å². The van der Waals surface area contributed by atoms with Crippen molar-refractivity contribution in [3.63, 3.8) is 0 Å². The fourth-order valence-electron chi connectivity index (χ4n) is 4.77. The van der Waals surface area contributed by atoms with Crippen LogP contribution in [0, 0.1) is 0 Å². The number of rotatable bonds is 4. The molecule has 6 atom stereocenters. The lowest BCUT2D eigenvalue weighted by molar-refractivity contribution is -0.183. The molecule has 0 saturated carbocycles. The summed E-state index contributed by atoms with van der Waals surface area (Å²) in [6, 6.07) is 0. The van der Waals surface area contributed by atoms with Crippen molar-refractivity contribution >= 4 is 11.9 Å². The van der Waals surface area contributed by atoms with Gasteiger partial charge in [-0.25, -0.2) is 0 Å². The third kappa shape index (κ3) is 3.37. The predicted molar refractivity (Wildman–Crippen MR) is 87.7 cm³/mol. The molecule has 4 aliphatic heterocycles. The lowest BCUT2D eigenvalue weighted by atomic mass is 9.79. The maximum Gasteiger partial charge on any atom is 0.302 e. The van der Waals surface area contributed by atoms with Gasteiger partial charge in [0.2, 0.25) is 0 Å². The van der Waals surface area contributed by atoms with E-state index in [2.05, 4.69) is 24.3 Å². The Balaban J connectivity index is 1.50. The van der Waals surface area contributed by atoms with Crippen molar-refractivity contribution in [2.75, 3.05) is 0 Å². The van der Waals surface area contributed by atoms with Crippen LogP contribution in [0.4, 0.5) is 0 Å². The second kappa shape index (κ2) is 5.95. The van der Waals surface area contributed by atoms with E-state index in [9.17, 15) is 9.59 Å². The Morgan fingerprint density at radius 3 is 1.76 bits per heavy atom. The Bertz CT molecular complexity index is 586. The van der Waals surface area contributed by atoms with Crippen molar-refractivity contribution in [2.24, 2.45) is 0 Å². The monoisotopic (exact) mass is 348 g/mol. The molecule has 4 aliphatic rings. The zero-order chi connectivity index (χ0) is 17.7. The van der Waals surface area contributed by atoms with Gasteiger partial charge in [0.15, 0.2) is 0 Å². The normalized spacial score (nSPS) is 43.9. The molecular formula is C19H24O6. The van der Waals surface area contributed by atoms with Crippen molar-refractivity contribution in [1.29, 1.82) is 0 Å². The van der Waals surface area contributed by atoms with Crippen molar-refractivity contribution < 1.29 is 28.5 Å². The van der Waals surface area contributed by atoms with Gasteiger partial charge in [-0.1, -0.05) is 24.3 Å². The molecule has 25 heavy (non-hydrogen) atoms. The molecule has 4 bridgehead atoms. The van der Waals surface area contributed by atoms with Gasteiger partial charge in [-0.3, -0.25) is 9.59 Å². The summed E-state index contributed by atoms with van der Waals surface area (Å²) in [5.41, 5.74) is -0.999. The topological polar surface area (TPSA) is 71.1 Å². The Morgan fingerprint density at radius 2 is 1.36 bits per heavy atom. The van der Waals surface area contributed by atoms with Gasteiger partial charge in [-0.15, -0.1) is 0 Å². The molecular weight excluding hydrogens is 324 g/mol. The van der Waals surface area contributed by atoms with E-state index in [0.717, 1.165) is 0 Å². The van der Waals surface area contributed by atoms with Gasteiger partial charge in [0, 0.05) is 46.0 Å². The summed E-state index contributed by atoms with van der Waals surface area (Å²) in [6.45, 7) is 2.88. The van der Waals surface area contributed by atoms with Gasteiger partial charge >= 0.3 is 11.9 Å². The maximum atomic E-state index is 11.3. The first-order chi connectivity index (χ1) is 11.9. The van der Waals surface area contributed by atoms with Gasteiger partial charge < -0.3 is 18.9 Å². The molecule has 0 spiro atoms. The van der Waals surface area contributed by atoms with Crippen molar-refractivity contribution in [1.82, 2.24) is 0 Å². The van der Waals surface area contributed by atoms with E-state index in [-0.39, 0.29) is 36.4 Å². The SMILES string of the molecule is CC(=O)O[C@@H]1C[C@H]2C=C[C@@](C[C@@]34C=CC(C[C@H](OC(C)=O)C3)O4)(C1)O2. The highest BCUT2D eigenvalue weighted by molar-refractivity contribution is 5.66. The number of carbonyl (C=O) groups excluding carboxylic acids is 2. The summed E-state index contributed by atoms with van der Waals surface area (Å²) < 4.78 is 23.4. The van der Waals surface area contributed by atoms with Crippen LogP contribution in [0.3, 0.4) is 0 Å². The summed E-state index contributed by atoms with van der Waals surface area (Å²) in [4.78, 5) is 22.7. The van der Waals surface area contributed by atoms with Crippen LogP contribution in [0.25, 0.3) is 0 Å². The Hall–Kier alpha value is -1.66. The number of carbonyl (C=O) groups is 2. The maximum absolute atomic E-state index is 11.3. The zero-order valence-electron chi connectivity index (χ0n) is 14.6. The number of fused-ring (bicyclic) bond motifs is 4. The van der Waals surface area contributed by atoms with Crippen molar-refractivity contribution in [2.45, 2.75) is 81.6 Å². The first-order valence-corrected chi connectivity index (χ1v) is 8.94. The number of ether oxygens (including phenoxy) is 4.